The van der Waals surface area contributed by atoms with Crippen LogP contribution in [0.2, 0.25) is 0 Å². The molecule has 0 aliphatic carbocycles. The molecule has 8 nitrogen and oxygen atoms in total. The third-order valence-corrected chi connectivity index (χ3v) is 8.10. The van der Waals surface area contributed by atoms with Crippen LogP contribution in [0.5, 0.6) is 0 Å². The number of ether oxygens (including phenoxy) is 2. The Labute approximate surface area is 204 Å². The van der Waals surface area contributed by atoms with Gasteiger partial charge in [0.25, 0.3) is 0 Å². The zero-order chi connectivity index (χ0) is 25.0. The van der Waals surface area contributed by atoms with E-state index in [4.69, 9.17) is 9.47 Å². The number of rotatable bonds is 7. The summed E-state index contributed by atoms with van der Waals surface area (Å²) in [7, 11) is 0. The van der Waals surface area contributed by atoms with Crippen LogP contribution in [0.25, 0.3) is 10.8 Å². The summed E-state index contributed by atoms with van der Waals surface area (Å²) in [5, 5.41) is 15.1. The number of carbonyl (C=O) groups is 3. The van der Waals surface area contributed by atoms with Crippen molar-refractivity contribution < 1.29 is 29.0 Å². The monoisotopic (exact) mass is 480 g/mol. The van der Waals surface area contributed by atoms with Crippen molar-refractivity contribution in [3.63, 3.8) is 0 Å². The number of amides is 2. The lowest BCUT2D eigenvalue weighted by atomic mass is 9.66. The largest absolute Gasteiger partial charge is 0.466 e. The summed E-state index contributed by atoms with van der Waals surface area (Å²) in [5.74, 6) is -2.79. The summed E-state index contributed by atoms with van der Waals surface area (Å²) in [6, 6.07) is 12.0. The highest BCUT2D eigenvalue weighted by molar-refractivity contribution is 6.04. The standard InChI is InChI=1S/C27H32N2O6/c1-4-19(15-30)29-22(23(31)28-18-11-10-16-8-6-7-9-17(16)14-18)27-13-12-26(3,35-27)21(20(27)24(29)32)25(33)34-5-2/h6-11,14,19-22,30H,4-5,12-13,15H2,1-3H3,(H,28,31)/t19-,20-,21+,22?,26-,27?/m0/s1. The number of fused-ring (bicyclic) bond motifs is 2. The second-order valence-electron chi connectivity index (χ2n) is 10.0. The lowest BCUT2D eigenvalue weighted by molar-refractivity contribution is -0.160. The van der Waals surface area contributed by atoms with Crippen LogP contribution >= 0.6 is 0 Å². The molecule has 5 rings (SSSR count). The smallest absolute Gasteiger partial charge is 0.312 e. The van der Waals surface area contributed by atoms with E-state index < -0.39 is 41.1 Å². The van der Waals surface area contributed by atoms with Gasteiger partial charge in [-0.2, -0.15) is 0 Å². The Bertz CT molecular complexity index is 1180. The molecule has 35 heavy (non-hydrogen) atoms. The van der Waals surface area contributed by atoms with Gasteiger partial charge in [0, 0.05) is 5.69 Å². The molecule has 2 unspecified atom stereocenters. The average Bonchev–Trinajstić information content (AvgIpc) is 3.41. The fraction of sp³-hybridized carbons (Fsp3) is 0.519. The fourth-order valence-electron chi connectivity index (χ4n) is 6.54. The molecule has 3 aliphatic rings. The van der Waals surface area contributed by atoms with Crippen LogP contribution in [0.4, 0.5) is 5.69 Å². The van der Waals surface area contributed by atoms with Crippen LogP contribution < -0.4 is 5.32 Å². The van der Waals surface area contributed by atoms with Crippen molar-refractivity contribution in [1.82, 2.24) is 4.90 Å². The van der Waals surface area contributed by atoms with Gasteiger partial charge >= 0.3 is 5.97 Å². The number of esters is 1. The first-order valence-corrected chi connectivity index (χ1v) is 12.4. The summed E-state index contributed by atoms with van der Waals surface area (Å²) >= 11 is 0. The van der Waals surface area contributed by atoms with Crippen molar-refractivity contribution >= 4 is 34.2 Å². The summed E-state index contributed by atoms with van der Waals surface area (Å²) in [6.45, 7) is 5.34. The van der Waals surface area contributed by atoms with Crippen molar-refractivity contribution in [2.24, 2.45) is 11.8 Å². The minimum Gasteiger partial charge on any atom is -0.466 e. The molecule has 3 aliphatic heterocycles. The summed E-state index contributed by atoms with van der Waals surface area (Å²) in [6.07, 6.45) is 1.49. The Balaban J connectivity index is 1.55. The highest BCUT2D eigenvalue weighted by Gasteiger charge is 2.78. The molecule has 2 bridgehead atoms. The Morgan fingerprint density at radius 1 is 1.20 bits per heavy atom. The van der Waals surface area contributed by atoms with Gasteiger partial charge in [-0.05, 0) is 56.0 Å². The molecule has 3 fully saturated rings. The van der Waals surface area contributed by atoms with Crippen molar-refractivity contribution in [3.8, 4) is 0 Å². The molecule has 2 aromatic rings. The van der Waals surface area contributed by atoms with Crippen molar-refractivity contribution in [2.45, 2.75) is 63.3 Å². The minimum absolute atomic E-state index is 0.198. The van der Waals surface area contributed by atoms with Crippen molar-refractivity contribution in [1.29, 1.82) is 0 Å². The maximum atomic E-state index is 13.9. The van der Waals surface area contributed by atoms with E-state index in [0.717, 1.165) is 10.8 Å². The van der Waals surface area contributed by atoms with E-state index >= 15 is 0 Å². The third-order valence-electron chi connectivity index (χ3n) is 8.10. The molecule has 2 aromatic carbocycles. The van der Waals surface area contributed by atoms with Crippen LogP contribution in [-0.4, -0.2) is 64.3 Å². The van der Waals surface area contributed by atoms with Crippen LogP contribution in [0, 0.1) is 11.8 Å². The lowest BCUT2D eigenvalue weighted by Crippen LogP contribution is -2.56. The van der Waals surface area contributed by atoms with Gasteiger partial charge in [0.05, 0.1) is 30.8 Å². The van der Waals surface area contributed by atoms with Crippen LogP contribution in [0.3, 0.4) is 0 Å². The Morgan fingerprint density at radius 2 is 1.94 bits per heavy atom. The molecular weight excluding hydrogens is 448 g/mol. The molecule has 8 heteroatoms. The second-order valence-corrected chi connectivity index (χ2v) is 10.0. The number of aliphatic hydroxyl groups is 1. The van der Waals surface area contributed by atoms with E-state index in [1.54, 1.807) is 6.92 Å². The topological polar surface area (TPSA) is 105 Å². The molecule has 186 valence electrons. The SMILES string of the molecule is CCOC(=O)[C@H]1[C@H]2C(=O)N([C@@H](CC)CO)C(C(=O)Nc3ccc4ccccc4c3)C23CC[C@]1(C)O3. The van der Waals surface area contributed by atoms with Gasteiger partial charge in [0.2, 0.25) is 11.8 Å². The number of hydrogen-bond donors (Lipinski definition) is 2. The molecule has 0 radical (unpaired) electrons. The molecule has 2 amide bonds. The number of carbonyl (C=O) groups excluding carboxylic acids is 3. The molecule has 0 saturated carbocycles. The highest BCUT2D eigenvalue weighted by Crippen LogP contribution is 2.63. The van der Waals surface area contributed by atoms with Crippen LogP contribution in [0.15, 0.2) is 42.5 Å². The van der Waals surface area contributed by atoms with Gasteiger partial charge < -0.3 is 24.8 Å². The van der Waals surface area contributed by atoms with E-state index in [0.29, 0.717) is 24.9 Å². The number of hydrogen-bond acceptors (Lipinski definition) is 6. The Hall–Kier alpha value is -2.97. The number of anilines is 1. The minimum atomic E-state index is -1.15. The molecule has 1 spiro atoms. The number of nitrogens with one attached hydrogen (secondary N) is 1. The van der Waals surface area contributed by atoms with Gasteiger partial charge in [0.15, 0.2) is 0 Å². The Kier molecular flexibility index (Phi) is 5.84. The fourth-order valence-corrected chi connectivity index (χ4v) is 6.54. The third kappa shape index (κ3) is 3.45. The van der Waals surface area contributed by atoms with Gasteiger partial charge in [-0.3, -0.25) is 14.4 Å². The first kappa shape index (κ1) is 23.8. The van der Waals surface area contributed by atoms with E-state index in [-0.39, 0.29) is 25.0 Å². The van der Waals surface area contributed by atoms with E-state index in [1.165, 1.54) is 4.90 Å². The molecule has 6 atom stereocenters. The summed E-state index contributed by atoms with van der Waals surface area (Å²) < 4.78 is 11.9. The van der Waals surface area contributed by atoms with Crippen molar-refractivity contribution in [2.75, 3.05) is 18.5 Å². The molecular formula is C27H32N2O6. The zero-order valence-electron chi connectivity index (χ0n) is 20.3. The van der Waals surface area contributed by atoms with Gasteiger partial charge in [-0.15, -0.1) is 0 Å². The number of benzene rings is 2. The normalized spacial score (nSPS) is 32.1. The number of nitrogens with zero attached hydrogens (tertiary/aromatic N) is 1. The van der Waals surface area contributed by atoms with E-state index in [1.807, 2.05) is 56.3 Å². The van der Waals surface area contributed by atoms with Crippen molar-refractivity contribution in [3.05, 3.63) is 42.5 Å². The van der Waals surface area contributed by atoms with Crippen LogP contribution in [-0.2, 0) is 23.9 Å². The zero-order valence-corrected chi connectivity index (χ0v) is 20.3. The number of aliphatic hydroxyl groups excluding tert-OH is 1. The maximum absolute atomic E-state index is 13.9. The van der Waals surface area contributed by atoms with E-state index in [9.17, 15) is 19.5 Å². The number of likely N-dealkylation sites (tertiary alicyclic amines) is 1. The molecule has 0 aromatic heterocycles. The molecule has 2 N–H and O–H groups in total. The highest BCUT2D eigenvalue weighted by atomic mass is 16.6. The molecule has 3 saturated heterocycles. The maximum Gasteiger partial charge on any atom is 0.312 e. The average molecular weight is 481 g/mol. The second kappa shape index (κ2) is 8.60. The first-order chi connectivity index (χ1) is 16.8. The summed E-state index contributed by atoms with van der Waals surface area (Å²) in [5.41, 5.74) is -1.41. The predicted octanol–water partition coefficient (Wildman–Crippen LogP) is 2.88. The van der Waals surface area contributed by atoms with E-state index in [2.05, 4.69) is 5.32 Å². The van der Waals surface area contributed by atoms with Gasteiger partial charge in [0.1, 0.15) is 17.6 Å². The summed E-state index contributed by atoms with van der Waals surface area (Å²) in [4.78, 5) is 42.3. The molecule has 3 heterocycles. The first-order valence-electron chi connectivity index (χ1n) is 12.4. The van der Waals surface area contributed by atoms with Gasteiger partial charge in [-0.25, -0.2) is 0 Å². The predicted molar refractivity (Wildman–Crippen MR) is 129 cm³/mol. The Morgan fingerprint density at radius 3 is 2.63 bits per heavy atom. The van der Waals surface area contributed by atoms with Gasteiger partial charge in [-0.1, -0.05) is 37.3 Å². The quantitative estimate of drug-likeness (QED) is 0.591. The lowest BCUT2D eigenvalue weighted by Gasteiger charge is -2.36. The van der Waals surface area contributed by atoms with Crippen LogP contribution in [0.1, 0.15) is 40.0 Å².